The number of hydrogen-bond donors (Lipinski definition) is 4. The molecule has 1 rings (SSSR count). The van der Waals surface area contributed by atoms with E-state index in [1.807, 2.05) is 0 Å². The Morgan fingerprint density at radius 2 is 1.36 bits per heavy atom. The molecule has 0 atom stereocenters. The lowest BCUT2D eigenvalue weighted by Crippen LogP contribution is -2.21. The highest BCUT2D eigenvalue weighted by molar-refractivity contribution is 5.69. The molecule has 0 radical (unpaired) electrons. The monoisotopic (exact) mass is 160 g/mol. The summed E-state index contributed by atoms with van der Waals surface area (Å²) in [6.07, 6.45) is 1.28. The summed E-state index contributed by atoms with van der Waals surface area (Å²) in [6.45, 7) is 4.65. The topological polar surface area (TPSA) is 93.2 Å². The Morgan fingerprint density at radius 3 is 1.73 bits per heavy atom. The highest BCUT2D eigenvalue weighted by atomic mass is 16.2. The number of hydrogen-bond acceptors (Lipinski definition) is 3. The summed E-state index contributed by atoms with van der Waals surface area (Å²) in [5, 5.41) is 6.57. The van der Waals surface area contributed by atoms with E-state index in [-0.39, 0.29) is 0 Å². The summed E-state index contributed by atoms with van der Waals surface area (Å²) in [6, 6.07) is -0.833. The van der Waals surface area contributed by atoms with E-state index in [1.165, 1.54) is 19.5 Å². The maximum Gasteiger partial charge on any atom is 0.309 e. The SMILES string of the molecule is C1CNCCNC1.NC(N)=O. The quantitative estimate of drug-likeness (QED) is 0.351. The lowest BCUT2D eigenvalue weighted by Gasteiger charge is -1.92. The van der Waals surface area contributed by atoms with Gasteiger partial charge in [0, 0.05) is 13.1 Å². The first-order valence-electron chi connectivity index (χ1n) is 3.70. The van der Waals surface area contributed by atoms with Crippen molar-refractivity contribution < 1.29 is 4.79 Å². The molecule has 0 unspecified atom stereocenters. The van der Waals surface area contributed by atoms with Crippen LogP contribution in [0.1, 0.15) is 6.42 Å². The van der Waals surface area contributed by atoms with Crippen LogP contribution in [0.4, 0.5) is 4.79 Å². The van der Waals surface area contributed by atoms with Crippen LogP contribution in [-0.4, -0.2) is 32.2 Å². The lowest BCUT2D eigenvalue weighted by molar-refractivity contribution is 0.256. The van der Waals surface area contributed by atoms with Crippen LogP contribution in [0.3, 0.4) is 0 Å². The molecule has 0 aliphatic carbocycles. The van der Waals surface area contributed by atoms with Gasteiger partial charge in [0.2, 0.25) is 0 Å². The number of nitrogens with two attached hydrogens (primary N) is 2. The van der Waals surface area contributed by atoms with Crippen molar-refractivity contribution >= 4 is 6.03 Å². The molecule has 0 spiro atoms. The van der Waals surface area contributed by atoms with Gasteiger partial charge in [0.15, 0.2) is 0 Å². The second-order valence-electron chi connectivity index (χ2n) is 2.26. The maximum atomic E-state index is 9.00. The zero-order valence-corrected chi connectivity index (χ0v) is 6.60. The number of rotatable bonds is 0. The fourth-order valence-corrected chi connectivity index (χ4v) is 0.765. The molecule has 1 heterocycles. The van der Waals surface area contributed by atoms with Crippen LogP contribution < -0.4 is 22.1 Å². The van der Waals surface area contributed by atoms with Crippen molar-refractivity contribution in [3.63, 3.8) is 0 Å². The molecule has 2 amide bonds. The third-order valence-electron chi connectivity index (χ3n) is 1.19. The van der Waals surface area contributed by atoms with E-state index in [0.29, 0.717) is 0 Å². The summed E-state index contributed by atoms with van der Waals surface area (Å²) >= 11 is 0. The van der Waals surface area contributed by atoms with E-state index >= 15 is 0 Å². The van der Waals surface area contributed by atoms with Crippen LogP contribution in [0.25, 0.3) is 0 Å². The lowest BCUT2D eigenvalue weighted by atomic mass is 10.4. The predicted molar refractivity (Wildman–Crippen MR) is 44.1 cm³/mol. The summed E-state index contributed by atoms with van der Waals surface area (Å²) in [5.74, 6) is 0. The van der Waals surface area contributed by atoms with Gasteiger partial charge in [-0.3, -0.25) is 0 Å². The smallest absolute Gasteiger partial charge is 0.309 e. The molecule has 1 fully saturated rings. The molecule has 0 aromatic heterocycles. The fourth-order valence-electron chi connectivity index (χ4n) is 0.765. The summed E-state index contributed by atoms with van der Waals surface area (Å²) in [5.41, 5.74) is 8.50. The normalized spacial score (nSPS) is 17.5. The van der Waals surface area contributed by atoms with Crippen molar-refractivity contribution in [3.05, 3.63) is 0 Å². The molecular weight excluding hydrogens is 144 g/mol. The van der Waals surface area contributed by atoms with Gasteiger partial charge in [-0.1, -0.05) is 0 Å². The molecular formula is C6H16N4O. The molecule has 11 heavy (non-hydrogen) atoms. The predicted octanol–water partition coefficient (Wildman–Crippen LogP) is -1.41. The molecule has 1 saturated heterocycles. The first kappa shape index (κ1) is 10.2. The standard InChI is InChI=1S/C5H12N2.CH4N2O/c1-2-6-4-5-7-3-1;2-1(3)4/h6-7H,1-5H2;(H4,2,3,4). The maximum absolute atomic E-state index is 9.00. The van der Waals surface area contributed by atoms with Gasteiger partial charge in [-0.05, 0) is 19.5 Å². The number of carbonyl (C=O) groups excluding carboxylic acids is 1. The summed E-state index contributed by atoms with van der Waals surface area (Å²) in [7, 11) is 0. The Bertz CT molecular complexity index is 83.1. The van der Waals surface area contributed by atoms with Crippen LogP contribution in [0.15, 0.2) is 0 Å². The average molecular weight is 160 g/mol. The van der Waals surface area contributed by atoms with Crippen LogP contribution in [0.5, 0.6) is 0 Å². The highest BCUT2D eigenvalue weighted by Gasteiger charge is 1.92. The van der Waals surface area contributed by atoms with Gasteiger partial charge in [-0.25, -0.2) is 4.79 Å². The third-order valence-corrected chi connectivity index (χ3v) is 1.19. The van der Waals surface area contributed by atoms with E-state index in [1.54, 1.807) is 0 Å². The van der Waals surface area contributed by atoms with Crippen LogP contribution in [0.2, 0.25) is 0 Å². The molecule has 0 aromatic carbocycles. The third kappa shape index (κ3) is 12.4. The van der Waals surface area contributed by atoms with Gasteiger partial charge >= 0.3 is 6.03 Å². The first-order chi connectivity index (χ1) is 5.23. The van der Waals surface area contributed by atoms with Gasteiger partial charge in [-0.15, -0.1) is 0 Å². The largest absolute Gasteiger partial charge is 0.352 e. The van der Waals surface area contributed by atoms with Gasteiger partial charge in [0.1, 0.15) is 0 Å². The highest BCUT2D eigenvalue weighted by Crippen LogP contribution is 1.75. The van der Waals surface area contributed by atoms with Crippen molar-refractivity contribution in [2.75, 3.05) is 26.2 Å². The minimum Gasteiger partial charge on any atom is -0.352 e. The molecule has 0 saturated carbocycles. The van der Waals surface area contributed by atoms with Crippen molar-refractivity contribution in [1.82, 2.24) is 10.6 Å². The number of carbonyl (C=O) groups is 1. The number of urea groups is 1. The molecule has 66 valence electrons. The number of primary amides is 2. The summed E-state index contributed by atoms with van der Waals surface area (Å²) < 4.78 is 0. The molecule has 5 heteroatoms. The van der Waals surface area contributed by atoms with Crippen LogP contribution in [-0.2, 0) is 0 Å². The molecule has 6 N–H and O–H groups in total. The van der Waals surface area contributed by atoms with Gasteiger partial charge in [0.25, 0.3) is 0 Å². The van der Waals surface area contributed by atoms with E-state index in [4.69, 9.17) is 4.79 Å². The van der Waals surface area contributed by atoms with E-state index in [0.717, 1.165) is 13.1 Å². The van der Waals surface area contributed by atoms with Gasteiger partial charge < -0.3 is 22.1 Å². The second kappa shape index (κ2) is 7.30. The molecule has 0 aromatic rings. The zero-order valence-electron chi connectivity index (χ0n) is 6.60. The molecule has 1 aliphatic rings. The minimum atomic E-state index is -0.833. The van der Waals surface area contributed by atoms with E-state index in [9.17, 15) is 0 Å². The van der Waals surface area contributed by atoms with Crippen LogP contribution in [0, 0.1) is 0 Å². The Hall–Kier alpha value is -0.810. The van der Waals surface area contributed by atoms with E-state index < -0.39 is 6.03 Å². The van der Waals surface area contributed by atoms with Crippen molar-refractivity contribution in [1.29, 1.82) is 0 Å². The van der Waals surface area contributed by atoms with Crippen LogP contribution >= 0.6 is 0 Å². The first-order valence-corrected chi connectivity index (χ1v) is 3.70. The van der Waals surface area contributed by atoms with Gasteiger partial charge in [-0.2, -0.15) is 0 Å². The zero-order chi connectivity index (χ0) is 8.53. The molecule has 5 nitrogen and oxygen atoms in total. The number of amides is 2. The number of nitrogens with one attached hydrogen (secondary N) is 2. The van der Waals surface area contributed by atoms with Crippen molar-refractivity contribution in [2.24, 2.45) is 11.5 Å². The summed E-state index contributed by atoms with van der Waals surface area (Å²) in [4.78, 5) is 9.00. The molecule has 1 aliphatic heterocycles. The average Bonchev–Trinajstić information content (AvgIpc) is 2.13. The second-order valence-corrected chi connectivity index (χ2v) is 2.26. The van der Waals surface area contributed by atoms with Crippen molar-refractivity contribution in [3.8, 4) is 0 Å². The Morgan fingerprint density at radius 1 is 1.00 bits per heavy atom. The Balaban J connectivity index is 0.000000218. The van der Waals surface area contributed by atoms with Crippen molar-refractivity contribution in [2.45, 2.75) is 6.42 Å². The Kier molecular flexibility index (Phi) is 6.76. The molecule has 0 bridgehead atoms. The van der Waals surface area contributed by atoms with E-state index in [2.05, 4.69) is 22.1 Å². The Labute approximate surface area is 66.5 Å². The fraction of sp³-hybridized carbons (Fsp3) is 0.833. The minimum absolute atomic E-state index is 0.833. The van der Waals surface area contributed by atoms with Gasteiger partial charge in [0.05, 0.1) is 0 Å².